The van der Waals surface area contributed by atoms with E-state index in [-0.39, 0.29) is 5.91 Å². The molecular formula is C22H24N2O3. The number of rotatable bonds is 4. The van der Waals surface area contributed by atoms with E-state index in [0.29, 0.717) is 23.0 Å². The minimum atomic E-state index is 0.00290. The molecule has 1 aliphatic rings. The van der Waals surface area contributed by atoms with Crippen LogP contribution < -0.4 is 9.47 Å². The zero-order chi connectivity index (χ0) is 18.8. The number of ether oxygens (including phenoxy) is 2. The number of amides is 1. The van der Waals surface area contributed by atoms with Crippen LogP contribution in [0.1, 0.15) is 34.7 Å². The quantitative estimate of drug-likeness (QED) is 0.755. The van der Waals surface area contributed by atoms with Gasteiger partial charge in [-0.1, -0.05) is 24.3 Å². The number of benzene rings is 2. The second-order valence-corrected chi connectivity index (χ2v) is 6.90. The molecule has 0 atom stereocenters. The van der Waals surface area contributed by atoms with Crippen molar-refractivity contribution in [1.82, 2.24) is 9.88 Å². The Morgan fingerprint density at radius 1 is 1.04 bits per heavy atom. The number of para-hydroxylation sites is 2. The molecule has 0 bridgehead atoms. The molecule has 27 heavy (non-hydrogen) atoms. The van der Waals surface area contributed by atoms with Crippen LogP contribution in [0, 0.1) is 0 Å². The highest BCUT2D eigenvalue weighted by Gasteiger charge is 2.28. The van der Waals surface area contributed by atoms with E-state index >= 15 is 0 Å². The molecule has 5 heteroatoms. The summed E-state index contributed by atoms with van der Waals surface area (Å²) in [7, 11) is 3.15. The van der Waals surface area contributed by atoms with Crippen molar-refractivity contribution in [3.63, 3.8) is 0 Å². The van der Waals surface area contributed by atoms with E-state index in [4.69, 9.17) is 9.47 Å². The summed E-state index contributed by atoms with van der Waals surface area (Å²) in [6.07, 6.45) is 4.04. The van der Waals surface area contributed by atoms with Gasteiger partial charge < -0.3 is 19.4 Å². The summed E-state index contributed by atoms with van der Waals surface area (Å²) < 4.78 is 10.8. The van der Waals surface area contributed by atoms with E-state index in [1.807, 2.05) is 17.0 Å². The van der Waals surface area contributed by atoms with E-state index < -0.39 is 0 Å². The highest BCUT2D eigenvalue weighted by Crippen LogP contribution is 2.35. The Morgan fingerprint density at radius 3 is 2.56 bits per heavy atom. The number of nitrogens with one attached hydrogen (secondary N) is 1. The molecule has 3 aromatic rings. The van der Waals surface area contributed by atoms with E-state index in [1.165, 1.54) is 16.5 Å². The van der Waals surface area contributed by atoms with Crippen molar-refractivity contribution < 1.29 is 14.3 Å². The third-order valence-corrected chi connectivity index (χ3v) is 5.48. The molecule has 0 aliphatic carbocycles. The molecular weight excluding hydrogens is 340 g/mol. The van der Waals surface area contributed by atoms with Gasteiger partial charge in [0.15, 0.2) is 11.5 Å². The number of piperidine rings is 1. The van der Waals surface area contributed by atoms with Gasteiger partial charge in [0.05, 0.1) is 19.8 Å². The lowest BCUT2D eigenvalue weighted by molar-refractivity contribution is 0.0709. The van der Waals surface area contributed by atoms with Crippen molar-refractivity contribution in [2.75, 3.05) is 27.3 Å². The molecule has 1 aromatic heterocycles. The van der Waals surface area contributed by atoms with Crippen LogP contribution >= 0.6 is 0 Å². The number of hydrogen-bond donors (Lipinski definition) is 1. The normalized spacial score (nSPS) is 15.1. The second-order valence-electron chi connectivity index (χ2n) is 6.90. The molecule has 5 nitrogen and oxygen atoms in total. The molecule has 2 aromatic carbocycles. The van der Waals surface area contributed by atoms with E-state index in [2.05, 4.69) is 29.4 Å². The Hall–Kier alpha value is -2.95. The largest absolute Gasteiger partial charge is 0.493 e. The maximum Gasteiger partial charge on any atom is 0.257 e. The minimum absolute atomic E-state index is 0.00290. The highest BCUT2D eigenvalue weighted by molar-refractivity contribution is 5.98. The van der Waals surface area contributed by atoms with Gasteiger partial charge in [-0.2, -0.15) is 0 Å². The zero-order valence-corrected chi connectivity index (χ0v) is 15.7. The van der Waals surface area contributed by atoms with Gasteiger partial charge in [0, 0.05) is 30.2 Å². The summed E-state index contributed by atoms with van der Waals surface area (Å²) in [5.41, 5.74) is 3.09. The molecule has 1 aliphatic heterocycles. The van der Waals surface area contributed by atoms with Crippen molar-refractivity contribution in [2.45, 2.75) is 18.8 Å². The van der Waals surface area contributed by atoms with E-state index in [9.17, 15) is 4.79 Å². The summed E-state index contributed by atoms with van der Waals surface area (Å²) in [5.74, 6) is 1.56. The van der Waals surface area contributed by atoms with Crippen molar-refractivity contribution in [3.8, 4) is 11.5 Å². The molecule has 1 saturated heterocycles. The van der Waals surface area contributed by atoms with Crippen LogP contribution in [0.3, 0.4) is 0 Å². The molecule has 0 unspecified atom stereocenters. The topological polar surface area (TPSA) is 54.6 Å². The van der Waals surface area contributed by atoms with Gasteiger partial charge in [-0.05, 0) is 42.5 Å². The number of aromatic amines is 1. The van der Waals surface area contributed by atoms with Crippen LogP contribution in [0.5, 0.6) is 11.5 Å². The maximum absolute atomic E-state index is 13.0. The zero-order valence-electron chi connectivity index (χ0n) is 15.7. The number of carbonyl (C=O) groups excluding carboxylic acids is 1. The standard InChI is InChI=1S/C22H24N2O3/c1-26-20-9-5-7-17(21(20)27-2)22(25)24-12-10-15(11-13-24)18-14-23-19-8-4-3-6-16(18)19/h3-9,14-15,23H,10-13H2,1-2H3. The van der Waals surface area contributed by atoms with Gasteiger partial charge in [0.2, 0.25) is 0 Å². The summed E-state index contributed by atoms with van der Waals surface area (Å²) in [4.78, 5) is 18.3. The second kappa shape index (κ2) is 7.35. The summed E-state index contributed by atoms with van der Waals surface area (Å²) >= 11 is 0. The fourth-order valence-electron chi connectivity index (χ4n) is 4.05. The van der Waals surface area contributed by atoms with Crippen molar-refractivity contribution in [1.29, 1.82) is 0 Å². The number of fused-ring (bicyclic) bond motifs is 1. The van der Waals surface area contributed by atoms with E-state index in [0.717, 1.165) is 25.9 Å². The van der Waals surface area contributed by atoms with Crippen LogP contribution in [0.4, 0.5) is 0 Å². The van der Waals surface area contributed by atoms with Crippen molar-refractivity contribution >= 4 is 16.8 Å². The number of aromatic nitrogens is 1. The third-order valence-electron chi connectivity index (χ3n) is 5.48. The SMILES string of the molecule is COc1cccc(C(=O)N2CCC(c3c[nH]c4ccccc34)CC2)c1OC. The predicted octanol–water partition coefficient (Wildman–Crippen LogP) is 4.20. The first-order valence-electron chi connectivity index (χ1n) is 9.29. The van der Waals surface area contributed by atoms with Gasteiger partial charge >= 0.3 is 0 Å². The fourth-order valence-corrected chi connectivity index (χ4v) is 4.05. The van der Waals surface area contributed by atoms with Crippen LogP contribution in [-0.4, -0.2) is 43.1 Å². The summed E-state index contributed by atoms with van der Waals surface area (Å²) in [6.45, 7) is 1.48. The van der Waals surface area contributed by atoms with Crippen LogP contribution in [-0.2, 0) is 0 Å². The maximum atomic E-state index is 13.0. The number of nitrogens with zero attached hydrogens (tertiary/aromatic N) is 1. The van der Waals surface area contributed by atoms with Crippen LogP contribution in [0.25, 0.3) is 10.9 Å². The van der Waals surface area contributed by atoms with Gasteiger partial charge in [-0.15, -0.1) is 0 Å². The Kier molecular flexibility index (Phi) is 4.75. The number of H-pyrrole nitrogens is 1. The number of carbonyl (C=O) groups is 1. The molecule has 2 heterocycles. The average molecular weight is 364 g/mol. The first-order chi connectivity index (χ1) is 13.2. The molecule has 1 fully saturated rings. The molecule has 0 radical (unpaired) electrons. The lowest BCUT2D eigenvalue weighted by Crippen LogP contribution is -2.38. The van der Waals surface area contributed by atoms with Crippen LogP contribution in [0.15, 0.2) is 48.7 Å². The Labute approximate surface area is 158 Å². The number of likely N-dealkylation sites (tertiary alicyclic amines) is 1. The van der Waals surface area contributed by atoms with Gasteiger partial charge in [-0.3, -0.25) is 4.79 Å². The summed E-state index contributed by atoms with van der Waals surface area (Å²) in [5, 5.41) is 1.29. The molecule has 0 saturated carbocycles. The lowest BCUT2D eigenvalue weighted by Gasteiger charge is -2.32. The monoisotopic (exact) mass is 364 g/mol. The molecule has 0 spiro atoms. The van der Waals surface area contributed by atoms with Crippen molar-refractivity contribution in [3.05, 3.63) is 59.8 Å². The predicted molar refractivity (Wildman–Crippen MR) is 106 cm³/mol. The number of hydrogen-bond acceptors (Lipinski definition) is 3. The number of methoxy groups -OCH3 is 2. The van der Waals surface area contributed by atoms with E-state index in [1.54, 1.807) is 26.4 Å². The average Bonchev–Trinajstić information content (AvgIpc) is 3.17. The Bertz CT molecular complexity index is 955. The molecule has 140 valence electrons. The molecule has 4 rings (SSSR count). The highest BCUT2D eigenvalue weighted by atomic mass is 16.5. The fraction of sp³-hybridized carbons (Fsp3) is 0.318. The van der Waals surface area contributed by atoms with Crippen molar-refractivity contribution in [2.24, 2.45) is 0 Å². The first kappa shape index (κ1) is 17.5. The Morgan fingerprint density at radius 2 is 1.81 bits per heavy atom. The van der Waals surface area contributed by atoms with Gasteiger partial charge in [-0.25, -0.2) is 0 Å². The lowest BCUT2D eigenvalue weighted by atomic mass is 9.89. The molecule has 1 N–H and O–H groups in total. The summed E-state index contributed by atoms with van der Waals surface area (Å²) in [6, 6.07) is 13.8. The Balaban J connectivity index is 1.50. The molecule has 1 amide bonds. The third kappa shape index (κ3) is 3.14. The first-order valence-corrected chi connectivity index (χ1v) is 9.29. The van der Waals surface area contributed by atoms with Gasteiger partial charge in [0.1, 0.15) is 0 Å². The van der Waals surface area contributed by atoms with Crippen LogP contribution in [0.2, 0.25) is 0 Å². The minimum Gasteiger partial charge on any atom is -0.493 e. The smallest absolute Gasteiger partial charge is 0.257 e. The van der Waals surface area contributed by atoms with Gasteiger partial charge in [0.25, 0.3) is 5.91 Å².